The van der Waals surface area contributed by atoms with E-state index < -0.39 is 11.4 Å². The van der Waals surface area contributed by atoms with Crippen LogP contribution in [0.3, 0.4) is 0 Å². The number of carboxylic acid groups (broad SMARTS) is 1. The largest absolute Gasteiger partial charge is 0.477 e. The number of nitrogens with zero attached hydrogens (tertiary/aromatic N) is 1. The first-order valence-corrected chi connectivity index (χ1v) is 6.06. The Labute approximate surface area is 116 Å². The number of pyridine rings is 1. The molecule has 0 spiro atoms. The first kappa shape index (κ1) is 13.6. The summed E-state index contributed by atoms with van der Waals surface area (Å²) in [6.07, 6.45) is 1.33. The zero-order chi connectivity index (χ0) is 14.5. The van der Waals surface area contributed by atoms with Gasteiger partial charge in [-0.2, -0.15) is 0 Å². The standard InChI is InChI=1S/C16H13NO3/c1-12-10-15(18)14(16(19)20)11-17(12)9-5-8-13-6-3-2-4-7-13/h2-4,6-7,10-11H,9H2,1H3,(H,19,20). The molecule has 0 unspecified atom stereocenters. The zero-order valence-electron chi connectivity index (χ0n) is 11.0. The van der Waals surface area contributed by atoms with Gasteiger partial charge in [0.1, 0.15) is 5.56 Å². The Morgan fingerprint density at radius 2 is 2.00 bits per heavy atom. The molecule has 20 heavy (non-hydrogen) atoms. The number of aromatic carboxylic acids is 1. The molecule has 0 bridgehead atoms. The van der Waals surface area contributed by atoms with Crippen molar-refractivity contribution < 1.29 is 9.90 Å². The van der Waals surface area contributed by atoms with Crippen LogP contribution in [0.15, 0.2) is 47.4 Å². The summed E-state index contributed by atoms with van der Waals surface area (Å²) in [5, 5.41) is 8.94. The summed E-state index contributed by atoms with van der Waals surface area (Å²) in [6, 6.07) is 10.8. The maximum atomic E-state index is 11.5. The van der Waals surface area contributed by atoms with E-state index in [1.165, 1.54) is 12.3 Å². The van der Waals surface area contributed by atoms with Gasteiger partial charge in [0.25, 0.3) is 0 Å². The summed E-state index contributed by atoms with van der Waals surface area (Å²) in [7, 11) is 0. The minimum absolute atomic E-state index is 0.239. The summed E-state index contributed by atoms with van der Waals surface area (Å²) >= 11 is 0. The van der Waals surface area contributed by atoms with E-state index in [-0.39, 0.29) is 5.56 Å². The second-order valence-corrected chi connectivity index (χ2v) is 4.29. The van der Waals surface area contributed by atoms with Gasteiger partial charge in [0.15, 0.2) is 5.43 Å². The molecule has 1 aromatic heterocycles. The van der Waals surface area contributed by atoms with Crippen molar-refractivity contribution in [2.45, 2.75) is 13.5 Å². The second-order valence-electron chi connectivity index (χ2n) is 4.29. The van der Waals surface area contributed by atoms with Crippen molar-refractivity contribution in [1.29, 1.82) is 0 Å². The minimum Gasteiger partial charge on any atom is -0.477 e. The molecule has 1 heterocycles. The van der Waals surface area contributed by atoms with E-state index in [1.54, 1.807) is 11.5 Å². The SMILES string of the molecule is Cc1cc(=O)c(C(=O)O)cn1CC#Cc1ccccc1. The topological polar surface area (TPSA) is 59.3 Å². The van der Waals surface area contributed by atoms with E-state index >= 15 is 0 Å². The van der Waals surface area contributed by atoms with Crippen LogP contribution >= 0.6 is 0 Å². The smallest absolute Gasteiger partial charge is 0.341 e. The Morgan fingerprint density at radius 1 is 1.30 bits per heavy atom. The average molecular weight is 267 g/mol. The molecule has 1 N–H and O–H groups in total. The third kappa shape index (κ3) is 3.15. The van der Waals surface area contributed by atoms with Crippen molar-refractivity contribution in [2.24, 2.45) is 0 Å². The van der Waals surface area contributed by atoms with Crippen LogP contribution < -0.4 is 5.43 Å². The van der Waals surface area contributed by atoms with E-state index in [0.29, 0.717) is 12.2 Å². The minimum atomic E-state index is -1.22. The van der Waals surface area contributed by atoms with Crippen LogP contribution in [0, 0.1) is 18.8 Å². The van der Waals surface area contributed by atoms with Gasteiger partial charge in [-0.3, -0.25) is 4.79 Å². The molecule has 0 fully saturated rings. The lowest BCUT2D eigenvalue weighted by atomic mass is 10.2. The molecule has 0 saturated heterocycles. The molecule has 4 heteroatoms. The van der Waals surface area contributed by atoms with Crippen molar-refractivity contribution in [3.8, 4) is 11.8 Å². The van der Waals surface area contributed by atoms with Gasteiger partial charge >= 0.3 is 5.97 Å². The lowest BCUT2D eigenvalue weighted by Crippen LogP contribution is -2.18. The molecule has 0 aliphatic heterocycles. The fraction of sp³-hybridized carbons (Fsp3) is 0.125. The fourth-order valence-corrected chi connectivity index (χ4v) is 1.75. The number of aryl methyl sites for hydroxylation is 1. The number of hydrogen-bond acceptors (Lipinski definition) is 2. The van der Waals surface area contributed by atoms with Crippen molar-refractivity contribution in [2.75, 3.05) is 0 Å². The van der Waals surface area contributed by atoms with Crippen LogP contribution in [-0.4, -0.2) is 15.6 Å². The first-order valence-electron chi connectivity index (χ1n) is 6.06. The maximum absolute atomic E-state index is 11.5. The van der Waals surface area contributed by atoms with E-state index in [1.807, 2.05) is 30.3 Å². The number of aromatic nitrogens is 1. The van der Waals surface area contributed by atoms with Crippen LogP contribution in [0.5, 0.6) is 0 Å². The highest BCUT2D eigenvalue weighted by molar-refractivity contribution is 5.87. The van der Waals surface area contributed by atoms with Gasteiger partial charge in [0, 0.05) is 23.5 Å². The van der Waals surface area contributed by atoms with Crippen LogP contribution in [-0.2, 0) is 6.54 Å². The van der Waals surface area contributed by atoms with Crippen LogP contribution in [0.4, 0.5) is 0 Å². The zero-order valence-corrected chi connectivity index (χ0v) is 11.0. The van der Waals surface area contributed by atoms with Gasteiger partial charge in [-0.05, 0) is 19.1 Å². The third-order valence-electron chi connectivity index (χ3n) is 2.83. The number of carbonyl (C=O) groups is 1. The molecule has 0 radical (unpaired) electrons. The highest BCUT2D eigenvalue weighted by Gasteiger charge is 2.09. The Kier molecular flexibility index (Phi) is 4.02. The second kappa shape index (κ2) is 5.89. The van der Waals surface area contributed by atoms with Crippen molar-refractivity contribution in [3.63, 3.8) is 0 Å². The molecule has 2 rings (SSSR count). The third-order valence-corrected chi connectivity index (χ3v) is 2.83. The Morgan fingerprint density at radius 3 is 2.65 bits per heavy atom. The monoisotopic (exact) mass is 267 g/mol. The maximum Gasteiger partial charge on any atom is 0.341 e. The van der Waals surface area contributed by atoms with E-state index in [2.05, 4.69) is 11.8 Å². The van der Waals surface area contributed by atoms with Crippen molar-refractivity contribution in [1.82, 2.24) is 4.57 Å². The molecule has 100 valence electrons. The van der Waals surface area contributed by atoms with Gasteiger partial charge in [-0.25, -0.2) is 4.79 Å². The summed E-state index contributed by atoms with van der Waals surface area (Å²) in [5.74, 6) is 4.73. The predicted octanol–water partition coefficient (Wildman–Crippen LogP) is 1.91. The Hall–Kier alpha value is -2.80. The lowest BCUT2D eigenvalue weighted by Gasteiger charge is -2.07. The highest BCUT2D eigenvalue weighted by atomic mass is 16.4. The molecule has 2 aromatic rings. The van der Waals surface area contributed by atoms with Crippen molar-refractivity contribution >= 4 is 5.97 Å². The molecule has 4 nitrogen and oxygen atoms in total. The molecule has 0 saturated carbocycles. The summed E-state index contributed by atoms with van der Waals surface area (Å²) in [6.45, 7) is 2.08. The van der Waals surface area contributed by atoms with Gasteiger partial charge in [-0.1, -0.05) is 30.0 Å². The normalized spacial score (nSPS) is 9.65. The van der Waals surface area contributed by atoms with Crippen molar-refractivity contribution in [3.05, 3.63) is 69.6 Å². The molecule has 0 aliphatic carbocycles. The lowest BCUT2D eigenvalue weighted by molar-refractivity contribution is 0.0694. The quantitative estimate of drug-likeness (QED) is 0.845. The number of rotatable bonds is 2. The number of benzene rings is 1. The molecule has 1 aromatic carbocycles. The molecule has 0 aliphatic rings. The summed E-state index contributed by atoms with van der Waals surface area (Å²) < 4.78 is 1.65. The molecular weight excluding hydrogens is 254 g/mol. The first-order chi connectivity index (χ1) is 9.58. The molecule has 0 atom stereocenters. The number of carboxylic acids is 1. The molecule has 0 amide bonds. The van der Waals surface area contributed by atoms with Gasteiger partial charge in [-0.15, -0.1) is 0 Å². The Balaban J connectivity index is 2.27. The van der Waals surface area contributed by atoms with E-state index in [4.69, 9.17) is 5.11 Å². The summed E-state index contributed by atoms with van der Waals surface area (Å²) in [4.78, 5) is 22.4. The van der Waals surface area contributed by atoms with Gasteiger partial charge in [0.2, 0.25) is 0 Å². The average Bonchev–Trinajstić information content (AvgIpc) is 2.42. The van der Waals surface area contributed by atoms with Crippen LogP contribution in [0.2, 0.25) is 0 Å². The Bertz CT molecular complexity index is 749. The van der Waals surface area contributed by atoms with E-state index in [9.17, 15) is 9.59 Å². The van der Waals surface area contributed by atoms with E-state index in [0.717, 1.165) is 5.56 Å². The van der Waals surface area contributed by atoms with Crippen LogP contribution in [0.25, 0.3) is 0 Å². The highest BCUT2D eigenvalue weighted by Crippen LogP contribution is 2.00. The van der Waals surface area contributed by atoms with Gasteiger partial charge in [0.05, 0.1) is 6.54 Å². The molecular formula is C16H13NO3. The predicted molar refractivity (Wildman–Crippen MR) is 75.7 cm³/mol. The number of hydrogen-bond donors (Lipinski definition) is 1. The summed E-state index contributed by atoms with van der Waals surface area (Å²) in [5.41, 5.74) is 0.853. The van der Waals surface area contributed by atoms with Crippen LogP contribution in [0.1, 0.15) is 21.6 Å². The van der Waals surface area contributed by atoms with Gasteiger partial charge < -0.3 is 9.67 Å². The fourth-order valence-electron chi connectivity index (χ4n) is 1.75.